The first-order valence-corrected chi connectivity index (χ1v) is 5.93. The summed E-state index contributed by atoms with van der Waals surface area (Å²) in [6.07, 6.45) is 0.866. The first-order chi connectivity index (χ1) is 6.70. The summed E-state index contributed by atoms with van der Waals surface area (Å²) in [7, 11) is 0. The lowest BCUT2D eigenvalue weighted by atomic mass is 10.0. The average molecular weight is 233 g/mol. The Morgan fingerprint density at radius 2 is 2.00 bits per heavy atom. The van der Waals surface area contributed by atoms with Gasteiger partial charge in [0.2, 0.25) is 0 Å². The van der Waals surface area contributed by atoms with E-state index >= 15 is 0 Å². The molecule has 0 heterocycles. The highest BCUT2D eigenvalue weighted by atomic mass is 35.5. The quantitative estimate of drug-likeness (QED) is 0.550. The molecule has 1 saturated carbocycles. The highest BCUT2D eigenvalue weighted by Crippen LogP contribution is 2.62. The number of ether oxygens (including phenoxy) is 1. The van der Waals surface area contributed by atoms with Crippen LogP contribution in [-0.2, 0) is 9.53 Å². The first-order valence-electron chi connectivity index (χ1n) is 5.55. The molecule has 1 fully saturated rings. The second-order valence-electron chi connectivity index (χ2n) is 5.58. The second-order valence-corrected chi connectivity index (χ2v) is 6.60. The van der Waals surface area contributed by atoms with E-state index in [1.807, 2.05) is 20.8 Å². The molecular weight excluding hydrogens is 212 g/mol. The van der Waals surface area contributed by atoms with E-state index in [9.17, 15) is 4.79 Å². The maximum atomic E-state index is 11.7. The minimum Gasteiger partial charge on any atom is -0.466 e. The predicted octanol–water partition coefficient (Wildman–Crippen LogP) is 3.23. The van der Waals surface area contributed by atoms with E-state index < -0.39 is 0 Å². The van der Waals surface area contributed by atoms with Crippen molar-refractivity contribution in [3.63, 3.8) is 0 Å². The molecule has 0 aliphatic heterocycles. The second kappa shape index (κ2) is 3.97. The normalized spacial score (nSPS) is 28.7. The molecule has 0 amide bonds. The third-order valence-corrected chi connectivity index (χ3v) is 3.45. The summed E-state index contributed by atoms with van der Waals surface area (Å²) < 4.78 is 5.06. The van der Waals surface area contributed by atoms with Gasteiger partial charge in [-0.1, -0.05) is 13.8 Å². The molecule has 0 aromatic rings. The van der Waals surface area contributed by atoms with Crippen LogP contribution in [0.5, 0.6) is 0 Å². The van der Waals surface area contributed by atoms with Gasteiger partial charge < -0.3 is 4.74 Å². The van der Waals surface area contributed by atoms with Crippen molar-refractivity contribution in [2.45, 2.75) is 45.9 Å². The van der Waals surface area contributed by atoms with Gasteiger partial charge in [0.25, 0.3) is 0 Å². The van der Waals surface area contributed by atoms with Crippen molar-refractivity contribution in [2.75, 3.05) is 6.61 Å². The maximum Gasteiger partial charge on any atom is 0.309 e. The highest BCUT2D eigenvalue weighted by molar-refractivity contribution is 6.23. The molecule has 0 radical (unpaired) electrons. The Balaban J connectivity index is 2.59. The van der Waals surface area contributed by atoms with Crippen molar-refractivity contribution in [2.24, 2.45) is 17.3 Å². The molecule has 0 aromatic heterocycles. The van der Waals surface area contributed by atoms with Crippen molar-refractivity contribution in [1.29, 1.82) is 0 Å². The van der Waals surface area contributed by atoms with Gasteiger partial charge >= 0.3 is 5.97 Å². The van der Waals surface area contributed by atoms with Gasteiger partial charge in [0.1, 0.15) is 0 Å². The lowest BCUT2D eigenvalue weighted by molar-refractivity contribution is -0.145. The van der Waals surface area contributed by atoms with E-state index in [0.29, 0.717) is 12.5 Å². The number of carbonyl (C=O) groups is 1. The molecular formula is C12H21ClO2. The van der Waals surface area contributed by atoms with E-state index in [2.05, 4.69) is 13.8 Å². The molecule has 0 spiro atoms. The smallest absolute Gasteiger partial charge is 0.309 e. The molecule has 0 bridgehead atoms. The fraction of sp³-hybridized carbons (Fsp3) is 0.917. The summed E-state index contributed by atoms with van der Waals surface area (Å²) >= 11 is 6.19. The van der Waals surface area contributed by atoms with Crippen LogP contribution >= 0.6 is 11.6 Å². The van der Waals surface area contributed by atoms with E-state index in [4.69, 9.17) is 16.3 Å². The Labute approximate surface area is 97.3 Å². The van der Waals surface area contributed by atoms with Crippen molar-refractivity contribution in [3.05, 3.63) is 0 Å². The zero-order valence-corrected chi connectivity index (χ0v) is 11.0. The molecule has 2 nitrogen and oxygen atoms in total. The lowest BCUT2D eigenvalue weighted by Crippen LogP contribution is -2.14. The van der Waals surface area contributed by atoms with Gasteiger partial charge in [-0.05, 0) is 38.5 Å². The molecule has 2 unspecified atom stereocenters. The first kappa shape index (κ1) is 12.8. The number of rotatable bonds is 4. The van der Waals surface area contributed by atoms with Gasteiger partial charge in [-0.15, -0.1) is 11.6 Å². The molecule has 1 aliphatic carbocycles. The van der Waals surface area contributed by atoms with Gasteiger partial charge in [-0.3, -0.25) is 4.79 Å². The zero-order chi connectivity index (χ0) is 11.9. The molecule has 0 saturated heterocycles. The Morgan fingerprint density at radius 1 is 1.47 bits per heavy atom. The number of carbonyl (C=O) groups excluding carboxylic acids is 1. The zero-order valence-electron chi connectivity index (χ0n) is 10.3. The van der Waals surface area contributed by atoms with E-state index in [1.54, 1.807) is 0 Å². The molecule has 1 aliphatic rings. The summed E-state index contributed by atoms with van der Waals surface area (Å²) in [6, 6.07) is 0. The Morgan fingerprint density at radius 3 is 2.40 bits per heavy atom. The van der Waals surface area contributed by atoms with Gasteiger partial charge in [-0.25, -0.2) is 0 Å². The van der Waals surface area contributed by atoms with Crippen LogP contribution in [0.1, 0.15) is 41.0 Å². The lowest BCUT2D eigenvalue weighted by Gasteiger charge is -2.15. The SMILES string of the molecule is CCOC(=O)C1C(CC(C)(C)Cl)C1(C)C. The third kappa shape index (κ3) is 2.87. The number of esters is 1. The van der Waals surface area contributed by atoms with Crippen molar-refractivity contribution in [3.8, 4) is 0 Å². The number of hydrogen-bond acceptors (Lipinski definition) is 2. The molecule has 88 valence electrons. The number of halogens is 1. The van der Waals surface area contributed by atoms with E-state index in [1.165, 1.54) is 0 Å². The standard InChI is InChI=1S/C12H21ClO2/c1-6-15-10(14)9-8(12(9,4)5)7-11(2,3)13/h8-9H,6-7H2,1-5H3. The maximum absolute atomic E-state index is 11.7. The Kier molecular flexibility index (Phi) is 3.39. The molecule has 0 N–H and O–H groups in total. The van der Waals surface area contributed by atoms with Crippen LogP contribution in [0.15, 0.2) is 0 Å². The summed E-state index contributed by atoms with van der Waals surface area (Å²) in [5, 5.41) is 0. The van der Waals surface area contributed by atoms with E-state index in [-0.39, 0.29) is 22.2 Å². The minimum absolute atomic E-state index is 0.0375. The molecule has 15 heavy (non-hydrogen) atoms. The predicted molar refractivity (Wildman–Crippen MR) is 61.9 cm³/mol. The minimum atomic E-state index is -0.233. The van der Waals surface area contributed by atoms with Gasteiger partial charge in [-0.2, -0.15) is 0 Å². The van der Waals surface area contributed by atoms with Crippen LogP contribution in [0.3, 0.4) is 0 Å². The number of hydrogen-bond donors (Lipinski definition) is 0. The fourth-order valence-electron chi connectivity index (χ4n) is 2.35. The summed E-state index contributed by atoms with van der Waals surface area (Å²) in [5.74, 6) is 0.341. The fourth-order valence-corrected chi connectivity index (χ4v) is 2.51. The summed E-state index contributed by atoms with van der Waals surface area (Å²) in [4.78, 5) is 11.4. The van der Waals surface area contributed by atoms with Crippen LogP contribution in [0, 0.1) is 17.3 Å². The van der Waals surface area contributed by atoms with Gasteiger partial charge in [0.15, 0.2) is 0 Å². The van der Waals surface area contributed by atoms with Crippen LogP contribution in [-0.4, -0.2) is 17.5 Å². The summed E-state index contributed by atoms with van der Waals surface area (Å²) in [5.41, 5.74) is 0.0540. The summed E-state index contributed by atoms with van der Waals surface area (Å²) in [6.45, 7) is 10.5. The monoisotopic (exact) mass is 232 g/mol. The van der Waals surface area contributed by atoms with Crippen LogP contribution in [0.4, 0.5) is 0 Å². The van der Waals surface area contributed by atoms with Crippen molar-refractivity contribution < 1.29 is 9.53 Å². The van der Waals surface area contributed by atoms with Crippen LogP contribution < -0.4 is 0 Å². The van der Waals surface area contributed by atoms with Crippen molar-refractivity contribution in [1.82, 2.24) is 0 Å². The largest absolute Gasteiger partial charge is 0.466 e. The Hall–Kier alpha value is -0.240. The van der Waals surface area contributed by atoms with Crippen LogP contribution in [0.2, 0.25) is 0 Å². The van der Waals surface area contributed by atoms with Crippen LogP contribution in [0.25, 0.3) is 0 Å². The molecule has 1 rings (SSSR count). The van der Waals surface area contributed by atoms with E-state index in [0.717, 1.165) is 6.42 Å². The average Bonchev–Trinajstić information content (AvgIpc) is 2.50. The van der Waals surface area contributed by atoms with Gasteiger partial charge in [0.05, 0.1) is 12.5 Å². The van der Waals surface area contributed by atoms with Gasteiger partial charge in [0, 0.05) is 4.87 Å². The molecule has 2 atom stereocenters. The topological polar surface area (TPSA) is 26.3 Å². The van der Waals surface area contributed by atoms with Crippen molar-refractivity contribution >= 4 is 17.6 Å². The molecule has 0 aromatic carbocycles. The third-order valence-electron chi connectivity index (χ3n) is 3.30. The Bertz CT molecular complexity index is 253. The number of alkyl halides is 1. The molecule has 3 heteroatoms. The highest BCUT2D eigenvalue weighted by Gasteiger charge is 2.63.